The molecule has 2 nitrogen and oxygen atoms in total. The zero-order valence-corrected chi connectivity index (χ0v) is 14.3. The molecule has 0 aliphatic heterocycles. The molecule has 120 valence electrons. The number of carbonyl (C=O) groups excluding carboxylic acids is 1. The maximum Gasteiger partial charge on any atom is 0.144 e. The van der Waals surface area contributed by atoms with Gasteiger partial charge in [-0.15, -0.1) is 0 Å². The van der Waals surface area contributed by atoms with Crippen LogP contribution in [0.2, 0.25) is 0 Å². The fourth-order valence-electron chi connectivity index (χ4n) is 3.20. The Bertz CT molecular complexity index is 379. The zero-order chi connectivity index (χ0) is 15.7. The number of carbonyl (C=O) groups is 1. The van der Waals surface area contributed by atoms with Crippen LogP contribution in [0.1, 0.15) is 65.7 Å². The smallest absolute Gasteiger partial charge is 0.144 e. The van der Waals surface area contributed by atoms with Gasteiger partial charge in [-0.3, -0.25) is 4.79 Å². The van der Waals surface area contributed by atoms with Crippen LogP contribution >= 0.6 is 0 Å². The van der Waals surface area contributed by atoms with Crippen molar-refractivity contribution in [2.75, 3.05) is 13.7 Å². The molecule has 2 heteroatoms. The average Bonchev–Trinajstić information content (AvgIpc) is 2.49. The molecule has 0 fully saturated rings. The van der Waals surface area contributed by atoms with Crippen molar-refractivity contribution in [1.82, 2.24) is 0 Å². The number of methoxy groups -OCH3 is 1. The molecule has 0 heterocycles. The molecule has 0 spiro atoms. The van der Waals surface area contributed by atoms with E-state index in [0.717, 1.165) is 25.7 Å². The van der Waals surface area contributed by atoms with Crippen LogP contribution in [-0.4, -0.2) is 19.5 Å². The van der Waals surface area contributed by atoms with Gasteiger partial charge in [0, 0.05) is 20.1 Å². The highest BCUT2D eigenvalue weighted by Gasteiger charge is 2.27. The van der Waals surface area contributed by atoms with Crippen LogP contribution in [0.25, 0.3) is 0 Å². The fourth-order valence-corrected chi connectivity index (χ4v) is 3.20. The maximum atomic E-state index is 12.8. The van der Waals surface area contributed by atoms with Crippen LogP contribution in [0.5, 0.6) is 0 Å². The average molecular weight is 292 g/mol. The van der Waals surface area contributed by atoms with Crippen LogP contribution in [0.15, 0.2) is 23.3 Å². The highest BCUT2D eigenvalue weighted by Crippen LogP contribution is 2.32. The second-order valence-electron chi connectivity index (χ2n) is 6.23. The summed E-state index contributed by atoms with van der Waals surface area (Å²) in [6.45, 7) is 7.23. The SMILES string of the molecule is CCCCC(CC)CC(=O)C1C(C)=CCC=C1CCOC. The Hall–Kier alpha value is -0.890. The van der Waals surface area contributed by atoms with E-state index in [-0.39, 0.29) is 5.92 Å². The number of allylic oxidation sites excluding steroid dienone is 3. The third kappa shape index (κ3) is 5.78. The number of hydrogen-bond acceptors (Lipinski definition) is 2. The van der Waals surface area contributed by atoms with Crippen LogP contribution in [0.4, 0.5) is 0 Å². The Balaban J connectivity index is 2.69. The van der Waals surface area contributed by atoms with Crippen molar-refractivity contribution in [3.05, 3.63) is 23.3 Å². The first-order valence-corrected chi connectivity index (χ1v) is 8.51. The zero-order valence-electron chi connectivity index (χ0n) is 14.3. The number of rotatable bonds is 10. The summed E-state index contributed by atoms with van der Waals surface area (Å²) in [6.07, 6.45) is 11.7. The van der Waals surface area contributed by atoms with Crippen molar-refractivity contribution >= 4 is 5.78 Å². The molecule has 1 aliphatic rings. The van der Waals surface area contributed by atoms with E-state index >= 15 is 0 Å². The quantitative estimate of drug-likeness (QED) is 0.524. The van der Waals surface area contributed by atoms with Crippen molar-refractivity contribution in [3.63, 3.8) is 0 Å². The van der Waals surface area contributed by atoms with Gasteiger partial charge in [0.25, 0.3) is 0 Å². The Morgan fingerprint density at radius 1 is 1.38 bits per heavy atom. The molecular weight excluding hydrogens is 260 g/mol. The molecule has 0 saturated heterocycles. The van der Waals surface area contributed by atoms with Crippen molar-refractivity contribution in [2.45, 2.75) is 65.7 Å². The predicted octanol–water partition coefficient (Wildman–Crippen LogP) is 5.09. The lowest BCUT2D eigenvalue weighted by Crippen LogP contribution is -2.23. The molecule has 2 unspecified atom stereocenters. The highest BCUT2D eigenvalue weighted by atomic mass is 16.5. The minimum atomic E-state index is 0.0181. The second-order valence-corrected chi connectivity index (χ2v) is 6.23. The molecule has 21 heavy (non-hydrogen) atoms. The van der Waals surface area contributed by atoms with Gasteiger partial charge in [-0.2, -0.15) is 0 Å². The van der Waals surface area contributed by atoms with E-state index in [2.05, 4.69) is 32.9 Å². The molecule has 0 N–H and O–H groups in total. The molecule has 0 aromatic rings. The molecule has 0 aromatic heterocycles. The first-order chi connectivity index (χ1) is 10.1. The van der Waals surface area contributed by atoms with Gasteiger partial charge < -0.3 is 4.74 Å². The van der Waals surface area contributed by atoms with Gasteiger partial charge in [0.2, 0.25) is 0 Å². The lowest BCUT2D eigenvalue weighted by Gasteiger charge is -2.25. The minimum Gasteiger partial charge on any atom is -0.384 e. The Labute approximate surface area is 130 Å². The lowest BCUT2D eigenvalue weighted by atomic mass is 9.78. The van der Waals surface area contributed by atoms with Gasteiger partial charge in [0.05, 0.1) is 5.92 Å². The van der Waals surface area contributed by atoms with Gasteiger partial charge in [0.1, 0.15) is 5.78 Å². The van der Waals surface area contributed by atoms with E-state index in [9.17, 15) is 4.79 Å². The minimum absolute atomic E-state index is 0.0181. The van der Waals surface area contributed by atoms with Crippen molar-refractivity contribution in [1.29, 1.82) is 0 Å². The largest absolute Gasteiger partial charge is 0.384 e. The summed E-state index contributed by atoms with van der Waals surface area (Å²) in [5.74, 6) is 0.981. The molecule has 2 atom stereocenters. The first-order valence-electron chi connectivity index (χ1n) is 8.51. The van der Waals surface area contributed by atoms with Crippen LogP contribution in [-0.2, 0) is 9.53 Å². The normalized spacial score (nSPS) is 19.9. The first kappa shape index (κ1) is 18.2. The highest BCUT2D eigenvalue weighted by molar-refractivity contribution is 5.87. The topological polar surface area (TPSA) is 26.3 Å². The second kappa shape index (κ2) is 9.94. The molecule has 0 radical (unpaired) electrons. The summed E-state index contributed by atoms with van der Waals surface area (Å²) < 4.78 is 5.19. The monoisotopic (exact) mass is 292 g/mol. The molecule has 0 saturated carbocycles. The van der Waals surface area contributed by atoms with E-state index in [0.29, 0.717) is 18.3 Å². The standard InChI is InChI=1S/C19H32O2/c1-5-7-10-16(6-2)14-18(20)19-15(3)9-8-11-17(19)12-13-21-4/h9,11,16,19H,5-8,10,12-14H2,1-4H3. The predicted molar refractivity (Wildman–Crippen MR) is 89.4 cm³/mol. The summed E-state index contributed by atoms with van der Waals surface area (Å²) >= 11 is 0. The maximum absolute atomic E-state index is 12.8. The molecule has 1 rings (SSSR count). The van der Waals surface area contributed by atoms with Gasteiger partial charge in [-0.05, 0) is 25.7 Å². The summed E-state index contributed by atoms with van der Waals surface area (Å²) in [6, 6.07) is 0. The van der Waals surface area contributed by atoms with Gasteiger partial charge in [-0.25, -0.2) is 0 Å². The molecule has 0 amide bonds. The van der Waals surface area contributed by atoms with E-state index in [1.165, 1.54) is 30.4 Å². The van der Waals surface area contributed by atoms with Gasteiger partial charge in [-0.1, -0.05) is 62.8 Å². The third-order valence-electron chi connectivity index (χ3n) is 4.60. The summed E-state index contributed by atoms with van der Waals surface area (Å²) in [7, 11) is 1.72. The number of hydrogen-bond donors (Lipinski definition) is 0. The third-order valence-corrected chi connectivity index (χ3v) is 4.60. The van der Waals surface area contributed by atoms with Crippen LogP contribution in [0.3, 0.4) is 0 Å². The van der Waals surface area contributed by atoms with E-state index < -0.39 is 0 Å². The molecule has 1 aliphatic carbocycles. The van der Waals surface area contributed by atoms with Crippen molar-refractivity contribution in [3.8, 4) is 0 Å². The van der Waals surface area contributed by atoms with E-state index in [4.69, 9.17) is 4.74 Å². The Kier molecular flexibility index (Phi) is 8.60. The Morgan fingerprint density at radius 2 is 2.14 bits per heavy atom. The molecular formula is C19H32O2. The number of unbranched alkanes of at least 4 members (excludes halogenated alkanes) is 1. The lowest BCUT2D eigenvalue weighted by molar-refractivity contribution is -0.122. The summed E-state index contributed by atoms with van der Waals surface area (Å²) in [4.78, 5) is 12.8. The summed E-state index contributed by atoms with van der Waals surface area (Å²) in [5, 5.41) is 0. The van der Waals surface area contributed by atoms with Crippen molar-refractivity contribution in [2.24, 2.45) is 11.8 Å². The van der Waals surface area contributed by atoms with Crippen molar-refractivity contribution < 1.29 is 9.53 Å². The molecule has 0 bridgehead atoms. The molecule has 0 aromatic carbocycles. The Morgan fingerprint density at radius 3 is 2.76 bits per heavy atom. The van der Waals surface area contributed by atoms with Crippen LogP contribution < -0.4 is 0 Å². The van der Waals surface area contributed by atoms with Gasteiger partial charge >= 0.3 is 0 Å². The summed E-state index contributed by atoms with van der Waals surface area (Å²) in [5.41, 5.74) is 2.51. The number of ketones is 1. The fraction of sp³-hybridized carbons (Fsp3) is 0.737. The van der Waals surface area contributed by atoms with Gasteiger partial charge in [0.15, 0.2) is 0 Å². The van der Waals surface area contributed by atoms with Crippen LogP contribution in [0, 0.1) is 11.8 Å². The number of ether oxygens (including phenoxy) is 1. The number of Topliss-reactive ketones (excluding diaryl/α,β-unsaturated/α-hetero) is 1. The van der Waals surface area contributed by atoms with E-state index in [1.54, 1.807) is 7.11 Å². The van der Waals surface area contributed by atoms with E-state index in [1.807, 2.05) is 0 Å².